The van der Waals surface area contributed by atoms with Gasteiger partial charge in [-0.05, 0) is 12.8 Å². The van der Waals surface area contributed by atoms with Gasteiger partial charge in [0, 0.05) is 24.8 Å². The van der Waals surface area contributed by atoms with E-state index in [2.05, 4.69) is 0 Å². The van der Waals surface area contributed by atoms with Crippen molar-refractivity contribution in [2.75, 3.05) is 6.54 Å². The van der Waals surface area contributed by atoms with Crippen molar-refractivity contribution in [2.45, 2.75) is 44.0 Å². The van der Waals surface area contributed by atoms with E-state index in [4.69, 9.17) is 5.73 Å². The van der Waals surface area contributed by atoms with Crippen LogP contribution in [0.3, 0.4) is 0 Å². The summed E-state index contributed by atoms with van der Waals surface area (Å²) >= 11 is 0. The summed E-state index contributed by atoms with van der Waals surface area (Å²) in [7, 11) is 0. The van der Waals surface area contributed by atoms with Gasteiger partial charge in [-0.15, -0.1) is 0 Å². The zero-order chi connectivity index (χ0) is 12.6. The lowest BCUT2D eigenvalue weighted by atomic mass is 9.69. The predicted octanol–water partition coefficient (Wildman–Crippen LogP) is 3.04. The molecule has 0 radical (unpaired) electrons. The summed E-state index contributed by atoms with van der Waals surface area (Å²) in [5.74, 6) is -3.00. The van der Waals surface area contributed by atoms with Crippen LogP contribution in [0.5, 0.6) is 0 Å². The van der Waals surface area contributed by atoms with Crippen LogP contribution in [0.1, 0.15) is 25.7 Å². The van der Waals surface area contributed by atoms with Crippen LogP contribution >= 0.6 is 0 Å². The van der Waals surface area contributed by atoms with E-state index in [0.29, 0.717) is 0 Å². The summed E-state index contributed by atoms with van der Waals surface area (Å²) in [4.78, 5) is 0. The van der Waals surface area contributed by atoms with Crippen molar-refractivity contribution in [1.82, 2.24) is 0 Å². The van der Waals surface area contributed by atoms with E-state index in [9.17, 15) is 26.3 Å². The maximum Gasteiger partial charge on any atom is 0.420 e. The molecule has 1 saturated carbocycles. The highest BCUT2D eigenvalue weighted by atomic mass is 19.4. The van der Waals surface area contributed by atoms with Gasteiger partial charge < -0.3 is 5.73 Å². The Hall–Kier alpha value is -0.460. The lowest BCUT2D eigenvalue weighted by Gasteiger charge is -2.41. The quantitative estimate of drug-likeness (QED) is 0.748. The molecule has 0 aromatic rings. The third-order valence-electron chi connectivity index (χ3n) is 3.21. The van der Waals surface area contributed by atoms with Gasteiger partial charge in [0.15, 0.2) is 0 Å². The van der Waals surface area contributed by atoms with E-state index in [1.807, 2.05) is 0 Å². The standard InChI is InChI=1S/C9H13F6N/c10-6(9(13,14)15)7(5-16)1-3-8(11,12)4-2-7/h6H,1-5,16H2. The van der Waals surface area contributed by atoms with Crippen LogP contribution in [0.4, 0.5) is 26.3 Å². The number of halogens is 6. The van der Waals surface area contributed by atoms with E-state index in [-0.39, 0.29) is 0 Å². The van der Waals surface area contributed by atoms with Gasteiger partial charge in [-0.25, -0.2) is 13.2 Å². The van der Waals surface area contributed by atoms with Crippen molar-refractivity contribution in [3.05, 3.63) is 0 Å². The second-order valence-electron chi connectivity index (χ2n) is 4.33. The summed E-state index contributed by atoms with van der Waals surface area (Å²) in [6, 6.07) is 0. The number of rotatable bonds is 2. The smallest absolute Gasteiger partial charge is 0.330 e. The molecule has 1 aliphatic carbocycles. The van der Waals surface area contributed by atoms with Crippen molar-refractivity contribution in [3.63, 3.8) is 0 Å². The van der Waals surface area contributed by atoms with Gasteiger partial charge >= 0.3 is 6.18 Å². The Bertz CT molecular complexity index is 239. The molecule has 7 heteroatoms. The topological polar surface area (TPSA) is 26.0 Å². The monoisotopic (exact) mass is 249 g/mol. The minimum absolute atomic E-state index is 0.531. The molecule has 1 unspecified atom stereocenters. The molecule has 0 heterocycles. The van der Waals surface area contributed by atoms with Gasteiger partial charge in [0.2, 0.25) is 12.1 Å². The molecule has 0 aliphatic heterocycles. The molecule has 0 saturated heterocycles. The SMILES string of the molecule is NCC1(C(F)C(F)(F)F)CCC(F)(F)CC1. The highest BCUT2D eigenvalue weighted by Gasteiger charge is 2.56. The Balaban J connectivity index is 2.81. The largest absolute Gasteiger partial charge is 0.420 e. The molecule has 16 heavy (non-hydrogen) atoms. The van der Waals surface area contributed by atoms with Gasteiger partial charge in [0.25, 0.3) is 0 Å². The van der Waals surface area contributed by atoms with E-state index in [0.717, 1.165) is 0 Å². The maximum atomic E-state index is 13.3. The summed E-state index contributed by atoms with van der Waals surface area (Å²) in [6.45, 7) is -0.566. The highest BCUT2D eigenvalue weighted by molar-refractivity contribution is 4.97. The molecule has 96 valence electrons. The predicted molar refractivity (Wildman–Crippen MR) is 45.9 cm³/mol. The fourth-order valence-electron chi connectivity index (χ4n) is 2.02. The van der Waals surface area contributed by atoms with E-state index >= 15 is 0 Å². The first-order valence-electron chi connectivity index (χ1n) is 4.92. The van der Waals surface area contributed by atoms with Crippen LogP contribution < -0.4 is 5.73 Å². The Labute approximate surface area is 89.0 Å². The summed E-state index contributed by atoms with van der Waals surface area (Å²) in [5.41, 5.74) is 3.26. The van der Waals surface area contributed by atoms with Crippen LogP contribution in [0.25, 0.3) is 0 Å². The van der Waals surface area contributed by atoms with Gasteiger partial charge in [0.05, 0.1) is 0 Å². The van der Waals surface area contributed by atoms with Crippen LogP contribution in [-0.4, -0.2) is 24.8 Å². The molecule has 2 N–H and O–H groups in total. The Morgan fingerprint density at radius 3 is 1.81 bits per heavy atom. The molecule has 1 atom stereocenters. The Morgan fingerprint density at radius 2 is 1.50 bits per heavy atom. The second kappa shape index (κ2) is 4.09. The average molecular weight is 249 g/mol. The fourth-order valence-corrected chi connectivity index (χ4v) is 2.02. The van der Waals surface area contributed by atoms with Crippen LogP contribution in [-0.2, 0) is 0 Å². The maximum absolute atomic E-state index is 13.3. The van der Waals surface area contributed by atoms with Crippen LogP contribution in [0, 0.1) is 5.41 Å². The third-order valence-corrected chi connectivity index (χ3v) is 3.21. The molecule has 0 aromatic carbocycles. The van der Waals surface area contributed by atoms with E-state index in [1.165, 1.54) is 0 Å². The fraction of sp³-hybridized carbons (Fsp3) is 1.00. The second-order valence-corrected chi connectivity index (χ2v) is 4.33. The van der Waals surface area contributed by atoms with Crippen LogP contribution in [0.15, 0.2) is 0 Å². The Kier molecular flexibility index (Phi) is 3.47. The highest BCUT2D eigenvalue weighted by Crippen LogP contribution is 2.49. The van der Waals surface area contributed by atoms with E-state index in [1.54, 1.807) is 0 Å². The molecule has 0 aromatic heterocycles. The lowest BCUT2D eigenvalue weighted by Crippen LogP contribution is -2.50. The molecule has 0 spiro atoms. The molecular weight excluding hydrogens is 236 g/mol. The van der Waals surface area contributed by atoms with Crippen molar-refractivity contribution < 1.29 is 26.3 Å². The Morgan fingerprint density at radius 1 is 1.06 bits per heavy atom. The number of hydrogen-bond acceptors (Lipinski definition) is 1. The van der Waals surface area contributed by atoms with Crippen LogP contribution in [0.2, 0.25) is 0 Å². The van der Waals surface area contributed by atoms with Gasteiger partial charge in [-0.3, -0.25) is 0 Å². The molecule has 0 bridgehead atoms. The minimum atomic E-state index is -5.04. The molecule has 1 rings (SSSR count). The van der Waals surface area contributed by atoms with Crippen molar-refractivity contribution in [1.29, 1.82) is 0 Å². The summed E-state index contributed by atoms with van der Waals surface area (Å²) in [5, 5.41) is 0. The van der Waals surface area contributed by atoms with E-state index < -0.39 is 55.9 Å². The molecule has 1 fully saturated rings. The normalized spacial score (nSPS) is 26.4. The first-order chi connectivity index (χ1) is 7.13. The first kappa shape index (κ1) is 13.6. The zero-order valence-electron chi connectivity index (χ0n) is 8.46. The van der Waals surface area contributed by atoms with Crippen molar-refractivity contribution in [2.24, 2.45) is 11.1 Å². The molecule has 1 aliphatic rings. The number of alkyl halides is 6. The van der Waals surface area contributed by atoms with Gasteiger partial charge in [-0.1, -0.05) is 0 Å². The van der Waals surface area contributed by atoms with Gasteiger partial charge in [0.1, 0.15) is 0 Å². The number of hydrogen-bond donors (Lipinski definition) is 1. The summed E-state index contributed by atoms with van der Waals surface area (Å²) < 4.78 is 75.6. The van der Waals surface area contributed by atoms with Crippen molar-refractivity contribution in [3.8, 4) is 0 Å². The van der Waals surface area contributed by atoms with Gasteiger partial charge in [-0.2, -0.15) is 13.2 Å². The number of nitrogens with two attached hydrogens (primary N) is 1. The molecular formula is C9H13F6N. The molecule has 0 amide bonds. The summed E-state index contributed by atoms with van der Waals surface area (Å²) in [6.07, 6.45) is -10.7. The first-order valence-corrected chi connectivity index (χ1v) is 4.92. The average Bonchev–Trinajstić information content (AvgIpc) is 2.17. The third kappa shape index (κ3) is 2.61. The zero-order valence-corrected chi connectivity index (χ0v) is 8.46. The molecule has 1 nitrogen and oxygen atoms in total. The minimum Gasteiger partial charge on any atom is -0.330 e. The lowest BCUT2D eigenvalue weighted by molar-refractivity contribution is -0.224. The van der Waals surface area contributed by atoms with Crippen molar-refractivity contribution >= 4 is 0 Å².